The van der Waals surface area contributed by atoms with Crippen molar-refractivity contribution < 1.29 is 27.4 Å². The number of methoxy groups -OCH3 is 2. The van der Waals surface area contributed by atoms with Crippen LogP contribution in [-0.2, 0) is 23.8 Å². The van der Waals surface area contributed by atoms with E-state index >= 15 is 0 Å². The van der Waals surface area contributed by atoms with Gasteiger partial charge in [-0.15, -0.1) is 0 Å². The van der Waals surface area contributed by atoms with Gasteiger partial charge in [-0.2, -0.15) is 13.2 Å². The molecule has 0 bridgehead atoms. The molecule has 0 saturated heterocycles. The molecule has 2 aromatic carbocycles. The zero-order valence-electron chi connectivity index (χ0n) is 14.8. The number of alkyl halides is 3. The summed E-state index contributed by atoms with van der Waals surface area (Å²) >= 11 is 3.44. The van der Waals surface area contributed by atoms with E-state index in [9.17, 15) is 18.0 Å². The lowest BCUT2D eigenvalue weighted by atomic mass is 10.1. The summed E-state index contributed by atoms with van der Waals surface area (Å²) in [4.78, 5) is 12.0. The molecule has 4 nitrogen and oxygen atoms in total. The van der Waals surface area contributed by atoms with Crippen molar-refractivity contribution in [3.8, 4) is 11.5 Å². The molecule has 0 radical (unpaired) electrons. The van der Waals surface area contributed by atoms with Crippen LogP contribution in [0.3, 0.4) is 0 Å². The molecule has 1 amide bonds. The molecule has 0 spiro atoms. The van der Waals surface area contributed by atoms with Crippen molar-refractivity contribution in [1.82, 2.24) is 5.32 Å². The van der Waals surface area contributed by atoms with Gasteiger partial charge >= 0.3 is 6.18 Å². The van der Waals surface area contributed by atoms with Gasteiger partial charge in [-0.05, 0) is 35.7 Å². The van der Waals surface area contributed by atoms with Gasteiger partial charge in [-0.25, -0.2) is 0 Å². The van der Waals surface area contributed by atoms with Crippen molar-refractivity contribution >= 4 is 21.8 Å². The van der Waals surface area contributed by atoms with E-state index in [1.165, 1.54) is 26.4 Å². The lowest BCUT2D eigenvalue weighted by Gasteiger charge is -2.12. The van der Waals surface area contributed by atoms with Gasteiger partial charge in [-0.3, -0.25) is 4.79 Å². The Morgan fingerprint density at radius 3 is 2.41 bits per heavy atom. The number of carbonyl (C=O) groups is 1. The highest BCUT2D eigenvalue weighted by Crippen LogP contribution is 2.33. The van der Waals surface area contributed by atoms with E-state index in [-0.39, 0.29) is 12.3 Å². The largest absolute Gasteiger partial charge is 0.493 e. The van der Waals surface area contributed by atoms with E-state index in [1.807, 2.05) is 6.07 Å². The number of hydrogen-bond acceptors (Lipinski definition) is 3. The Morgan fingerprint density at radius 2 is 1.78 bits per heavy atom. The van der Waals surface area contributed by atoms with Crippen LogP contribution in [0.1, 0.15) is 16.7 Å². The molecule has 2 rings (SSSR count). The van der Waals surface area contributed by atoms with Crippen molar-refractivity contribution in [3.05, 3.63) is 57.6 Å². The SMILES string of the molecule is COc1cc(Br)c(CCNC(=O)Cc2cccc(C(F)(F)F)c2)cc1OC. The molecular weight excluding hydrogens is 427 g/mol. The molecule has 0 heterocycles. The van der Waals surface area contributed by atoms with E-state index in [0.717, 1.165) is 22.2 Å². The van der Waals surface area contributed by atoms with Gasteiger partial charge in [-0.1, -0.05) is 34.1 Å². The summed E-state index contributed by atoms with van der Waals surface area (Å²) in [6.07, 6.45) is -4.02. The van der Waals surface area contributed by atoms with E-state index in [0.29, 0.717) is 30.0 Å². The Labute approximate surface area is 163 Å². The maximum atomic E-state index is 12.7. The van der Waals surface area contributed by atoms with E-state index in [2.05, 4.69) is 21.2 Å². The highest BCUT2D eigenvalue weighted by Gasteiger charge is 2.30. The molecule has 0 atom stereocenters. The number of benzene rings is 2. The average Bonchev–Trinajstić information content (AvgIpc) is 2.62. The second-order valence-electron chi connectivity index (χ2n) is 5.77. The van der Waals surface area contributed by atoms with Crippen LogP contribution < -0.4 is 14.8 Å². The van der Waals surface area contributed by atoms with Crippen molar-refractivity contribution in [1.29, 1.82) is 0 Å². The topological polar surface area (TPSA) is 47.6 Å². The van der Waals surface area contributed by atoms with E-state index < -0.39 is 11.7 Å². The number of hydrogen-bond donors (Lipinski definition) is 1. The second kappa shape index (κ2) is 9.12. The van der Waals surface area contributed by atoms with Gasteiger partial charge in [0.1, 0.15) is 0 Å². The Hall–Kier alpha value is -2.22. The van der Waals surface area contributed by atoms with Crippen molar-refractivity contribution in [2.24, 2.45) is 0 Å². The number of ether oxygens (including phenoxy) is 2. The van der Waals surface area contributed by atoms with Crippen LogP contribution in [0.25, 0.3) is 0 Å². The average molecular weight is 446 g/mol. The summed E-state index contributed by atoms with van der Waals surface area (Å²) in [5.41, 5.74) is 0.462. The van der Waals surface area contributed by atoms with Crippen molar-refractivity contribution in [2.75, 3.05) is 20.8 Å². The van der Waals surface area contributed by atoms with Gasteiger partial charge in [0, 0.05) is 11.0 Å². The van der Waals surface area contributed by atoms with Crippen LogP contribution in [0, 0.1) is 0 Å². The number of halogens is 4. The van der Waals surface area contributed by atoms with Crippen LogP contribution >= 0.6 is 15.9 Å². The first kappa shape index (κ1) is 21.1. The van der Waals surface area contributed by atoms with Crippen LogP contribution in [0.2, 0.25) is 0 Å². The molecule has 2 aromatic rings. The fourth-order valence-electron chi connectivity index (χ4n) is 2.53. The minimum absolute atomic E-state index is 0.114. The highest BCUT2D eigenvalue weighted by molar-refractivity contribution is 9.10. The third-order valence-electron chi connectivity index (χ3n) is 3.89. The molecule has 1 N–H and O–H groups in total. The Morgan fingerprint density at radius 1 is 1.11 bits per heavy atom. The zero-order chi connectivity index (χ0) is 20.0. The molecule has 0 fully saturated rings. The minimum Gasteiger partial charge on any atom is -0.493 e. The first-order chi connectivity index (χ1) is 12.7. The van der Waals surface area contributed by atoms with E-state index in [1.54, 1.807) is 6.07 Å². The summed E-state index contributed by atoms with van der Waals surface area (Å²) in [6, 6.07) is 8.35. The molecule has 0 aliphatic rings. The quantitative estimate of drug-likeness (QED) is 0.687. The molecule has 146 valence electrons. The van der Waals surface area contributed by atoms with Crippen LogP contribution in [0.5, 0.6) is 11.5 Å². The number of rotatable bonds is 7. The first-order valence-corrected chi connectivity index (χ1v) is 8.87. The molecular formula is C19H19BrF3NO3. The zero-order valence-corrected chi connectivity index (χ0v) is 16.4. The van der Waals surface area contributed by atoms with Gasteiger partial charge < -0.3 is 14.8 Å². The Kier molecular flexibility index (Phi) is 7.12. The molecule has 0 unspecified atom stereocenters. The smallest absolute Gasteiger partial charge is 0.416 e. The third kappa shape index (κ3) is 5.89. The van der Waals surface area contributed by atoms with Gasteiger partial charge in [0.15, 0.2) is 11.5 Å². The summed E-state index contributed by atoms with van der Waals surface area (Å²) in [5.74, 6) is 0.818. The monoisotopic (exact) mass is 445 g/mol. The molecule has 0 aromatic heterocycles. The summed E-state index contributed by atoms with van der Waals surface area (Å²) in [7, 11) is 3.07. The molecule has 27 heavy (non-hydrogen) atoms. The van der Waals surface area contributed by atoms with Crippen LogP contribution in [-0.4, -0.2) is 26.7 Å². The third-order valence-corrected chi connectivity index (χ3v) is 4.63. The Bertz CT molecular complexity index is 809. The lowest BCUT2D eigenvalue weighted by Crippen LogP contribution is -2.27. The van der Waals surface area contributed by atoms with Gasteiger partial charge in [0.2, 0.25) is 5.91 Å². The Balaban J connectivity index is 1.93. The lowest BCUT2D eigenvalue weighted by molar-refractivity contribution is -0.137. The number of carbonyl (C=O) groups excluding carboxylic acids is 1. The number of nitrogens with one attached hydrogen (secondary N) is 1. The first-order valence-electron chi connectivity index (χ1n) is 8.08. The molecule has 0 aliphatic carbocycles. The summed E-state index contributed by atoms with van der Waals surface area (Å²) < 4.78 is 49.4. The molecule has 8 heteroatoms. The normalized spacial score (nSPS) is 11.2. The predicted octanol–water partition coefficient (Wildman–Crippen LogP) is 4.39. The summed E-state index contributed by atoms with van der Waals surface area (Å²) in [6.45, 7) is 0.339. The maximum Gasteiger partial charge on any atom is 0.416 e. The second-order valence-corrected chi connectivity index (χ2v) is 6.63. The van der Waals surface area contributed by atoms with Crippen molar-refractivity contribution in [2.45, 2.75) is 19.0 Å². The fourth-order valence-corrected chi connectivity index (χ4v) is 3.05. The maximum absolute atomic E-state index is 12.7. The van der Waals surface area contributed by atoms with Gasteiger partial charge in [0.05, 0.1) is 26.2 Å². The fraction of sp³-hybridized carbons (Fsp3) is 0.316. The molecule has 0 aliphatic heterocycles. The summed E-state index contributed by atoms with van der Waals surface area (Å²) in [5, 5.41) is 2.72. The number of amides is 1. The standard InChI is InChI=1S/C19H19BrF3NO3/c1-26-16-10-13(15(20)11-17(16)27-2)6-7-24-18(25)9-12-4-3-5-14(8-12)19(21,22)23/h3-5,8,10-11H,6-7,9H2,1-2H3,(H,24,25). The van der Waals surface area contributed by atoms with E-state index in [4.69, 9.17) is 9.47 Å². The van der Waals surface area contributed by atoms with Crippen LogP contribution in [0.4, 0.5) is 13.2 Å². The van der Waals surface area contributed by atoms with Crippen LogP contribution in [0.15, 0.2) is 40.9 Å². The highest BCUT2D eigenvalue weighted by atomic mass is 79.9. The predicted molar refractivity (Wildman–Crippen MR) is 99.1 cm³/mol. The van der Waals surface area contributed by atoms with Crippen molar-refractivity contribution in [3.63, 3.8) is 0 Å². The molecule has 0 saturated carbocycles. The van der Waals surface area contributed by atoms with Gasteiger partial charge in [0.25, 0.3) is 0 Å². The minimum atomic E-state index is -4.42.